The molecule has 23 heavy (non-hydrogen) atoms. The lowest BCUT2D eigenvalue weighted by atomic mass is 10.2. The molecule has 1 saturated heterocycles. The van der Waals surface area contributed by atoms with Gasteiger partial charge < -0.3 is 19.3 Å². The molecule has 1 aliphatic heterocycles. The van der Waals surface area contributed by atoms with E-state index >= 15 is 0 Å². The van der Waals surface area contributed by atoms with Gasteiger partial charge in [0, 0.05) is 32.2 Å². The van der Waals surface area contributed by atoms with E-state index in [9.17, 15) is 4.79 Å². The summed E-state index contributed by atoms with van der Waals surface area (Å²) in [5.74, 6) is 0.703. The molecule has 128 valence electrons. The van der Waals surface area contributed by atoms with Crippen LogP contribution in [0.4, 0.5) is 16.2 Å². The molecular weight excluding hydrogens is 294 g/mol. The fourth-order valence-electron chi connectivity index (χ4n) is 2.48. The number of carbonyl (C=O) groups is 1. The molecule has 1 aliphatic rings. The van der Waals surface area contributed by atoms with Crippen LogP contribution in [0.3, 0.4) is 0 Å². The zero-order valence-corrected chi connectivity index (χ0v) is 14.7. The fourth-order valence-corrected chi connectivity index (χ4v) is 2.48. The lowest BCUT2D eigenvalue weighted by molar-refractivity contribution is 0.0636. The molecule has 0 aromatic heterocycles. The molecule has 0 spiro atoms. The highest BCUT2D eigenvalue weighted by molar-refractivity contribution is 5.90. The van der Waals surface area contributed by atoms with E-state index < -0.39 is 11.7 Å². The second-order valence-electron chi connectivity index (χ2n) is 6.80. The average Bonchev–Trinajstić information content (AvgIpc) is 2.46. The van der Waals surface area contributed by atoms with Crippen molar-refractivity contribution < 1.29 is 14.3 Å². The molecule has 1 N–H and O–H groups in total. The van der Waals surface area contributed by atoms with Crippen molar-refractivity contribution in [3.8, 4) is 5.75 Å². The fraction of sp³-hybridized carbons (Fsp3) is 0.588. The van der Waals surface area contributed by atoms with Gasteiger partial charge in [0.25, 0.3) is 0 Å². The van der Waals surface area contributed by atoms with Gasteiger partial charge in [0.1, 0.15) is 11.4 Å². The molecule has 0 radical (unpaired) electrons. The summed E-state index contributed by atoms with van der Waals surface area (Å²) < 4.78 is 10.6. The summed E-state index contributed by atoms with van der Waals surface area (Å²) in [7, 11) is 3.73. The van der Waals surface area contributed by atoms with Crippen molar-refractivity contribution in [2.75, 3.05) is 50.6 Å². The third-order valence-electron chi connectivity index (χ3n) is 3.68. The number of amides is 1. The molecule has 1 fully saturated rings. The van der Waals surface area contributed by atoms with E-state index in [1.165, 1.54) is 0 Å². The zero-order valence-electron chi connectivity index (χ0n) is 14.7. The maximum atomic E-state index is 12.1. The van der Waals surface area contributed by atoms with Crippen LogP contribution < -0.4 is 15.0 Å². The number of likely N-dealkylation sites (N-methyl/N-ethyl adjacent to an activating group) is 1. The van der Waals surface area contributed by atoms with Crippen molar-refractivity contribution in [1.82, 2.24) is 4.90 Å². The lowest BCUT2D eigenvalue weighted by Crippen LogP contribution is -2.44. The van der Waals surface area contributed by atoms with Crippen LogP contribution >= 0.6 is 0 Å². The Labute approximate surface area is 138 Å². The normalized spacial score (nSPS) is 16.1. The van der Waals surface area contributed by atoms with Crippen molar-refractivity contribution in [2.24, 2.45) is 0 Å². The number of hydrogen-bond donors (Lipinski definition) is 1. The molecule has 6 heteroatoms. The number of hydrogen-bond acceptors (Lipinski definition) is 5. The second-order valence-corrected chi connectivity index (χ2v) is 6.80. The van der Waals surface area contributed by atoms with Crippen LogP contribution in [-0.4, -0.2) is 56.9 Å². The minimum absolute atomic E-state index is 0.457. The number of anilines is 2. The number of piperazine rings is 1. The molecule has 0 bridgehead atoms. The Balaban J connectivity index is 2.19. The van der Waals surface area contributed by atoms with E-state index in [2.05, 4.69) is 22.2 Å². The first-order valence-corrected chi connectivity index (χ1v) is 7.90. The number of nitrogens with one attached hydrogen (secondary N) is 1. The molecule has 1 heterocycles. The lowest BCUT2D eigenvalue weighted by Gasteiger charge is -2.35. The van der Waals surface area contributed by atoms with Gasteiger partial charge in [0.15, 0.2) is 0 Å². The van der Waals surface area contributed by atoms with Gasteiger partial charge in [-0.2, -0.15) is 0 Å². The van der Waals surface area contributed by atoms with E-state index in [0.717, 1.165) is 31.9 Å². The molecule has 2 rings (SSSR count). The number of methoxy groups -OCH3 is 1. The zero-order chi connectivity index (χ0) is 17.0. The Morgan fingerprint density at radius 2 is 1.83 bits per heavy atom. The molecule has 0 aliphatic carbocycles. The third kappa shape index (κ3) is 5.03. The highest BCUT2D eigenvalue weighted by atomic mass is 16.6. The Morgan fingerprint density at radius 1 is 1.17 bits per heavy atom. The van der Waals surface area contributed by atoms with Gasteiger partial charge in [0.2, 0.25) is 0 Å². The molecule has 6 nitrogen and oxygen atoms in total. The molecule has 0 saturated carbocycles. The van der Waals surface area contributed by atoms with Gasteiger partial charge in [-0.3, -0.25) is 5.32 Å². The molecule has 1 aromatic carbocycles. The second kappa shape index (κ2) is 7.08. The van der Waals surface area contributed by atoms with E-state index in [1.807, 2.05) is 39.0 Å². The summed E-state index contributed by atoms with van der Waals surface area (Å²) >= 11 is 0. The monoisotopic (exact) mass is 321 g/mol. The molecule has 0 unspecified atom stereocenters. The minimum Gasteiger partial charge on any atom is -0.497 e. The third-order valence-corrected chi connectivity index (χ3v) is 3.68. The number of ether oxygens (including phenoxy) is 2. The first-order valence-electron chi connectivity index (χ1n) is 7.90. The van der Waals surface area contributed by atoms with Crippen molar-refractivity contribution in [2.45, 2.75) is 26.4 Å². The summed E-state index contributed by atoms with van der Waals surface area (Å²) in [6, 6.07) is 5.72. The number of nitrogens with zero attached hydrogens (tertiary/aromatic N) is 2. The summed E-state index contributed by atoms with van der Waals surface area (Å²) in [6.45, 7) is 9.38. The largest absolute Gasteiger partial charge is 0.497 e. The van der Waals surface area contributed by atoms with Crippen LogP contribution in [0.15, 0.2) is 18.2 Å². The smallest absolute Gasteiger partial charge is 0.412 e. The number of rotatable bonds is 3. The summed E-state index contributed by atoms with van der Waals surface area (Å²) in [6.07, 6.45) is -0.457. The molecule has 1 aromatic rings. The van der Waals surface area contributed by atoms with Gasteiger partial charge in [0.05, 0.1) is 18.5 Å². The SMILES string of the molecule is COc1ccc(N2CCN(C)CC2)c(NC(=O)OC(C)(C)C)c1. The van der Waals surface area contributed by atoms with Crippen LogP contribution in [0.2, 0.25) is 0 Å². The number of carbonyl (C=O) groups excluding carboxylic acids is 1. The van der Waals surface area contributed by atoms with E-state index in [1.54, 1.807) is 7.11 Å². The van der Waals surface area contributed by atoms with Crippen molar-refractivity contribution >= 4 is 17.5 Å². The predicted molar refractivity (Wildman–Crippen MR) is 92.6 cm³/mol. The maximum absolute atomic E-state index is 12.1. The molecular formula is C17H27N3O3. The van der Waals surface area contributed by atoms with Crippen molar-refractivity contribution in [3.05, 3.63) is 18.2 Å². The molecule has 0 atom stereocenters. The van der Waals surface area contributed by atoms with Gasteiger partial charge in [-0.1, -0.05) is 0 Å². The van der Waals surface area contributed by atoms with Gasteiger partial charge >= 0.3 is 6.09 Å². The van der Waals surface area contributed by atoms with Crippen LogP contribution in [0.25, 0.3) is 0 Å². The quantitative estimate of drug-likeness (QED) is 0.928. The predicted octanol–water partition coefficient (Wildman–Crippen LogP) is 2.79. The van der Waals surface area contributed by atoms with Gasteiger partial charge in [-0.05, 0) is 40.0 Å². The Bertz CT molecular complexity index is 547. The van der Waals surface area contributed by atoms with Crippen molar-refractivity contribution in [3.63, 3.8) is 0 Å². The minimum atomic E-state index is -0.531. The first kappa shape index (κ1) is 17.4. The standard InChI is InChI=1S/C17H27N3O3/c1-17(2,3)23-16(21)18-14-12-13(22-5)6-7-15(14)20-10-8-19(4)9-11-20/h6-7,12H,8-11H2,1-5H3,(H,18,21). The Morgan fingerprint density at radius 3 is 2.39 bits per heavy atom. The van der Waals surface area contributed by atoms with Crippen LogP contribution in [0.1, 0.15) is 20.8 Å². The summed E-state index contributed by atoms with van der Waals surface area (Å²) in [5.41, 5.74) is 1.17. The van der Waals surface area contributed by atoms with Crippen LogP contribution in [0.5, 0.6) is 5.75 Å². The van der Waals surface area contributed by atoms with Crippen molar-refractivity contribution in [1.29, 1.82) is 0 Å². The van der Waals surface area contributed by atoms with Crippen LogP contribution in [-0.2, 0) is 4.74 Å². The van der Waals surface area contributed by atoms with Gasteiger partial charge in [-0.25, -0.2) is 4.79 Å². The first-order chi connectivity index (χ1) is 10.8. The maximum Gasteiger partial charge on any atom is 0.412 e. The summed E-state index contributed by atoms with van der Waals surface area (Å²) in [5, 5.41) is 2.85. The topological polar surface area (TPSA) is 54.0 Å². The van der Waals surface area contributed by atoms with Gasteiger partial charge in [-0.15, -0.1) is 0 Å². The summed E-state index contributed by atoms with van der Waals surface area (Å²) in [4.78, 5) is 16.7. The van der Waals surface area contributed by atoms with E-state index in [4.69, 9.17) is 9.47 Å². The van der Waals surface area contributed by atoms with E-state index in [0.29, 0.717) is 11.4 Å². The number of benzene rings is 1. The van der Waals surface area contributed by atoms with E-state index in [-0.39, 0.29) is 0 Å². The van der Waals surface area contributed by atoms with Crippen LogP contribution in [0, 0.1) is 0 Å². The average molecular weight is 321 g/mol. The highest BCUT2D eigenvalue weighted by Crippen LogP contribution is 2.31. The Hall–Kier alpha value is -1.95. The molecule has 1 amide bonds. The highest BCUT2D eigenvalue weighted by Gasteiger charge is 2.21. The Kier molecular flexibility index (Phi) is 5.36.